The molecule has 3 aromatic carbocycles. The van der Waals surface area contributed by atoms with Crippen LogP contribution in [0.15, 0.2) is 72.8 Å². The van der Waals surface area contributed by atoms with Crippen LogP contribution in [0.5, 0.6) is 5.75 Å². The Morgan fingerprint density at radius 2 is 1.61 bits per heavy atom. The van der Waals surface area contributed by atoms with Crippen molar-refractivity contribution in [3.8, 4) is 5.75 Å². The molecule has 0 saturated heterocycles. The maximum absolute atomic E-state index is 13.6. The zero-order chi connectivity index (χ0) is 27.4. The number of methoxy groups -OCH3 is 1. The lowest BCUT2D eigenvalue weighted by Crippen LogP contribution is -2.49. The molecule has 196 valence electrons. The van der Waals surface area contributed by atoms with Crippen molar-refractivity contribution < 1.29 is 23.9 Å². The predicted molar refractivity (Wildman–Crippen MR) is 146 cm³/mol. The number of hydrogen-bond acceptors (Lipinski definition) is 6. The quantitative estimate of drug-likeness (QED) is 0.440. The van der Waals surface area contributed by atoms with E-state index in [0.717, 1.165) is 11.3 Å². The van der Waals surface area contributed by atoms with Gasteiger partial charge in [0.15, 0.2) is 0 Å². The van der Waals surface area contributed by atoms with Crippen LogP contribution in [-0.4, -0.2) is 62.2 Å². The van der Waals surface area contributed by atoms with Crippen LogP contribution in [0.2, 0.25) is 0 Å². The molecule has 0 spiro atoms. The summed E-state index contributed by atoms with van der Waals surface area (Å²) in [5.41, 5.74) is 3.01. The van der Waals surface area contributed by atoms with E-state index in [1.807, 2.05) is 43.3 Å². The molecule has 0 aliphatic carbocycles. The van der Waals surface area contributed by atoms with Crippen molar-refractivity contribution in [2.45, 2.75) is 19.5 Å². The van der Waals surface area contributed by atoms with Crippen molar-refractivity contribution in [1.82, 2.24) is 4.90 Å². The van der Waals surface area contributed by atoms with Crippen LogP contribution in [0.4, 0.5) is 17.1 Å². The number of Topliss-reactive ketones (excluding diaryl/α,β-unsaturated/α-hetero) is 1. The van der Waals surface area contributed by atoms with E-state index in [2.05, 4.69) is 5.32 Å². The van der Waals surface area contributed by atoms with Gasteiger partial charge in [-0.25, -0.2) is 0 Å². The van der Waals surface area contributed by atoms with E-state index in [-0.39, 0.29) is 24.6 Å². The van der Waals surface area contributed by atoms with Crippen LogP contribution in [-0.2, 0) is 20.9 Å². The minimum Gasteiger partial charge on any atom is -0.497 e. The second-order valence-corrected chi connectivity index (χ2v) is 9.21. The number of fused-ring (bicyclic) bond motifs is 1. The summed E-state index contributed by atoms with van der Waals surface area (Å²) < 4.78 is 5.22. The molecule has 1 N–H and O–H groups in total. The molecule has 0 bridgehead atoms. The summed E-state index contributed by atoms with van der Waals surface area (Å²) in [6.45, 7) is 1.39. The van der Waals surface area contributed by atoms with Crippen molar-refractivity contribution in [3.05, 3.63) is 83.9 Å². The molecule has 1 atom stereocenters. The highest BCUT2D eigenvalue weighted by Gasteiger charge is 2.38. The molecular weight excluding hydrogens is 484 g/mol. The van der Waals surface area contributed by atoms with Crippen molar-refractivity contribution in [3.63, 3.8) is 0 Å². The Hall–Kier alpha value is -4.66. The maximum atomic E-state index is 13.6. The van der Waals surface area contributed by atoms with Crippen LogP contribution >= 0.6 is 0 Å². The second-order valence-electron chi connectivity index (χ2n) is 9.21. The average molecular weight is 515 g/mol. The molecule has 0 fully saturated rings. The summed E-state index contributed by atoms with van der Waals surface area (Å²) in [4.78, 5) is 56.5. The number of anilines is 3. The summed E-state index contributed by atoms with van der Waals surface area (Å²) >= 11 is 0. The largest absolute Gasteiger partial charge is 0.497 e. The molecule has 1 aliphatic rings. The first-order valence-electron chi connectivity index (χ1n) is 12.2. The van der Waals surface area contributed by atoms with E-state index in [4.69, 9.17) is 4.74 Å². The molecule has 9 heteroatoms. The van der Waals surface area contributed by atoms with Gasteiger partial charge in [-0.3, -0.25) is 24.1 Å². The number of carbonyl (C=O) groups is 4. The van der Waals surface area contributed by atoms with E-state index >= 15 is 0 Å². The van der Waals surface area contributed by atoms with Gasteiger partial charge in [0.25, 0.3) is 11.7 Å². The van der Waals surface area contributed by atoms with Crippen LogP contribution in [0.25, 0.3) is 0 Å². The van der Waals surface area contributed by atoms with Crippen LogP contribution in [0.1, 0.15) is 22.8 Å². The molecule has 1 aliphatic heterocycles. The van der Waals surface area contributed by atoms with Gasteiger partial charge in [0.2, 0.25) is 11.8 Å². The lowest BCUT2D eigenvalue weighted by molar-refractivity contribution is -0.138. The Kier molecular flexibility index (Phi) is 7.76. The molecular formula is C29H30N4O5. The Labute approximate surface area is 221 Å². The number of hydrogen-bond donors (Lipinski definition) is 1. The molecule has 9 nitrogen and oxygen atoms in total. The lowest BCUT2D eigenvalue weighted by atomic mass is 10.1. The van der Waals surface area contributed by atoms with Gasteiger partial charge in [0.1, 0.15) is 18.3 Å². The number of para-hydroxylation sites is 1. The minimum atomic E-state index is -0.873. The van der Waals surface area contributed by atoms with E-state index in [9.17, 15) is 19.2 Å². The van der Waals surface area contributed by atoms with E-state index in [0.29, 0.717) is 17.1 Å². The summed E-state index contributed by atoms with van der Waals surface area (Å²) in [6.07, 6.45) is 0. The third-order valence-electron chi connectivity index (χ3n) is 6.50. The Balaban J connectivity index is 1.57. The van der Waals surface area contributed by atoms with E-state index in [1.54, 1.807) is 62.6 Å². The molecule has 4 rings (SSSR count). The summed E-state index contributed by atoms with van der Waals surface area (Å²) in [5, 5.41) is 2.87. The number of rotatable bonds is 9. The summed E-state index contributed by atoms with van der Waals surface area (Å²) in [5.74, 6) is -1.60. The fourth-order valence-electron chi connectivity index (χ4n) is 4.23. The zero-order valence-corrected chi connectivity index (χ0v) is 21.8. The number of ketones is 1. The van der Waals surface area contributed by atoms with Gasteiger partial charge in [-0.1, -0.05) is 24.3 Å². The van der Waals surface area contributed by atoms with Gasteiger partial charge in [-0.2, -0.15) is 0 Å². The van der Waals surface area contributed by atoms with E-state index < -0.39 is 23.6 Å². The average Bonchev–Trinajstić information content (AvgIpc) is 3.16. The standard InChI is InChI=1S/C29H30N4O5/c1-19(28(36)30-21-11-13-22(14-12-21)31(2)3)32(17-20-9-15-23(38-4)16-10-20)26(34)18-33-25-8-6-5-7-24(25)27(35)29(33)37/h5-16,19H,17-18H2,1-4H3,(H,30,36). The molecule has 3 amide bonds. The molecule has 1 unspecified atom stereocenters. The van der Waals surface area contributed by atoms with Crippen LogP contribution < -0.4 is 19.9 Å². The minimum absolute atomic E-state index is 0.120. The number of ether oxygens (including phenoxy) is 1. The molecule has 1 heterocycles. The van der Waals surface area contributed by atoms with Crippen molar-refractivity contribution in [2.24, 2.45) is 0 Å². The Morgan fingerprint density at radius 3 is 2.24 bits per heavy atom. The Bertz CT molecular complexity index is 1350. The molecule has 0 saturated carbocycles. The monoisotopic (exact) mass is 514 g/mol. The third-order valence-corrected chi connectivity index (χ3v) is 6.50. The number of nitrogens with zero attached hydrogens (tertiary/aromatic N) is 3. The van der Waals surface area contributed by atoms with Crippen molar-refractivity contribution in [1.29, 1.82) is 0 Å². The number of amides is 3. The predicted octanol–water partition coefficient (Wildman–Crippen LogP) is 3.35. The van der Waals surface area contributed by atoms with Crippen LogP contribution in [0.3, 0.4) is 0 Å². The fraction of sp³-hybridized carbons (Fsp3) is 0.241. The van der Waals surface area contributed by atoms with Crippen molar-refractivity contribution >= 4 is 40.6 Å². The third kappa shape index (κ3) is 5.51. The summed E-state index contributed by atoms with van der Waals surface area (Å²) in [7, 11) is 5.42. The maximum Gasteiger partial charge on any atom is 0.299 e. The van der Waals surface area contributed by atoms with Gasteiger partial charge >= 0.3 is 0 Å². The summed E-state index contributed by atoms with van der Waals surface area (Å²) in [6, 6.07) is 20.2. The topological polar surface area (TPSA) is 99.3 Å². The Morgan fingerprint density at radius 1 is 0.947 bits per heavy atom. The van der Waals surface area contributed by atoms with Crippen LogP contribution in [0, 0.1) is 0 Å². The van der Waals surface area contributed by atoms with Gasteiger partial charge in [0, 0.05) is 32.0 Å². The normalized spacial score (nSPS) is 13.1. The second kappa shape index (κ2) is 11.2. The molecule has 38 heavy (non-hydrogen) atoms. The number of benzene rings is 3. The smallest absolute Gasteiger partial charge is 0.299 e. The highest BCUT2D eigenvalue weighted by molar-refractivity contribution is 6.52. The first-order valence-corrected chi connectivity index (χ1v) is 12.2. The first kappa shape index (κ1) is 26.4. The van der Waals surface area contributed by atoms with Gasteiger partial charge in [-0.05, 0) is 61.0 Å². The highest BCUT2D eigenvalue weighted by Crippen LogP contribution is 2.28. The SMILES string of the molecule is COc1ccc(CN(C(=O)CN2C(=O)C(=O)c3ccccc32)C(C)C(=O)Nc2ccc(N(C)C)cc2)cc1. The van der Waals surface area contributed by atoms with Gasteiger partial charge in [0.05, 0.1) is 18.4 Å². The molecule has 3 aromatic rings. The first-order chi connectivity index (χ1) is 18.2. The zero-order valence-electron chi connectivity index (χ0n) is 21.8. The highest BCUT2D eigenvalue weighted by atomic mass is 16.5. The van der Waals surface area contributed by atoms with Gasteiger partial charge < -0.3 is 19.9 Å². The van der Waals surface area contributed by atoms with Gasteiger partial charge in [-0.15, -0.1) is 0 Å². The molecule has 0 aromatic heterocycles. The van der Waals surface area contributed by atoms with E-state index in [1.165, 1.54) is 9.80 Å². The number of carbonyl (C=O) groups excluding carboxylic acids is 4. The lowest BCUT2D eigenvalue weighted by Gasteiger charge is -2.30. The number of nitrogens with one attached hydrogen (secondary N) is 1. The van der Waals surface area contributed by atoms with Crippen molar-refractivity contribution in [2.75, 3.05) is 42.9 Å². The molecule has 0 radical (unpaired) electrons. The fourth-order valence-corrected chi connectivity index (χ4v) is 4.23.